The Kier molecular flexibility index (Phi) is 3.28. The van der Waals surface area contributed by atoms with Crippen LogP contribution in [0.15, 0.2) is 12.4 Å². The van der Waals surface area contributed by atoms with Crippen LogP contribution in [-0.4, -0.2) is 50.1 Å². The molecule has 2 atom stereocenters. The summed E-state index contributed by atoms with van der Waals surface area (Å²) in [6.45, 7) is 0.441. The summed E-state index contributed by atoms with van der Waals surface area (Å²) in [4.78, 5) is 13.9. The molecular weight excluding hydrogens is 261 g/mol. The second kappa shape index (κ2) is 4.84. The maximum atomic E-state index is 14.3. The van der Waals surface area contributed by atoms with Gasteiger partial charge in [0.1, 0.15) is 0 Å². The van der Waals surface area contributed by atoms with E-state index in [9.17, 15) is 14.3 Å². The van der Waals surface area contributed by atoms with Crippen molar-refractivity contribution in [2.24, 2.45) is 7.05 Å². The van der Waals surface area contributed by atoms with E-state index in [0.29, 0.717) is 32.2 Å². The molecule has 1 saturated heterocycles. The molecule has 2 heterocycles. The standard InChI is InChI=1S/C14H20FN3O2/c1-17-9-10(8-16-17)7-11-12(19)3-6-18(11)13(20)14(15)4-2-5-14/h8-9,11-12,19H,2-7H2,1H3/t11-,12-/m0/s1. The minimum atomic E-state index is -1.68. The Hall–Kier alpha value is -1.43. The molecule has 0 radical (unpaired) electrons. The Bertz CT molecular complexity index is 512. The number of nitrogens with zero attached hydrogens (tertiary/aromatic N) is 3. The maximum Gasteiger partial charge on any atom is 0.260 e. The second-order valence-electron chi connectivity index (χ2n) is 5.97. The Morgan fingerprint density at radius 2 is 2.35 bits per heavy atom. The molecule has 110 valence electrons. The Morgan fingerprint density at radius 3 is 2.90 bits per heavy atom. The number of aromatic nitrogens is 2. The molecule has 5 nitrogen and oxygen atoms in total. The van der Waals surface area contributed by atoms with Crippen molar-refractivity contribution in [1.29, 1.82) is 0 Å². The van der Waals surface area contributed by atoms with E-state index in [1.807, 2.05) is 13.2 Å². The van der Waals surface area contributed by atoms with Crippen molar-refractivity contribution in [3.05, 3.63) is 18.0 Å². The van der Waals surface area contributed by atoms with Crippen LogP contribution < -0.4 is 0 Å². The summed E-state index contributed by atoms with van der Waals surface area (Å²) in [5.74, 6) is -0.436. The molecule has 1 aromatic heterocycles. The summed E-state index contributed by atoms with van der Waals surface area (Å²) in [6.07, 6.45) is 5.46. The number of aliphatic hydroxyl groups excluding tert-OH is 1. The average Bonchev–Trinajstić information content (AvgIpc) is 2.94. The SMILES string of the molecule is Cn1cc(C[C@H]2[C@@H](O)CCN2C(=O)C2(F)CCC2)cn1. The maximum absolute atomic E-state index is 14.3. The highest BCUT2D eigenvalue weighted by Gasteiger charge is 2.50. The van der Waals surface area contributed by atoms with Gasteiger partial charge in [0.25, 0.3) is 5.91 Å². The molecular formula is C14H20FN3O2. The third kappa shape index (κ3) is 2.22. The van der Waals surface area contributed by atoms with E-state index in [4.69, 9.17) is 0 Å². The van der Waals surface area contributed by atoms with Crippen LogP contribution in [0.4, 0.5) is 4.39 Å². The summed E-state index contributed by atoms with van der Waals surface area (Å²) in [6, 6.07) is -0.333. The van der Waals surface area contributed by atoms with E-state index in [2.05, 4.69) is 5.10 Å². The number of carbonyl (C=O) groups excluding carboxylic acids is 1. The predicted molar refractivity (Wildman–Crippen MR) is 70.7 cm³/mol. The quantitative estimate of drug-likeness (QED) is 0.892. The van der Waals surface area contributed by atoms with Crippen LogP contribution in [0.1, 0.15) is 31.2 Å². The summed E-state index contributed by atoms with van der Waals surface area (Å²) in [5, 5.41) is 14.2. The minimum absolute atomic E-state index is 0.318. The zero-order chi connectivity index (χ0) is 14.3. The van der Waals surface area contributed by atoms with Crippen molar-refractivity contribution in [3.8, 4) is 0 Å². The van der Waals surface area contributed by atoms with Crippen LogP contribution in [0, 0.1) is 0 Å². The highest BCUT2D eigenvalue weighted by Crippen LogP contribution is 2.39. The number of aliphatic hydroxyl groups is 1. The van der Waals surface area contributed by atoms with Crippen molar-refractivity contribution in [1.82, 2.24) is 14.7 Å². The smallest absolute Gasteiger partial charge is 0.260 e. The number of hydrogen-bond donors (Lipinski definition) is 1. The second-order valence-corrected chi connectivity index (χ2v) is 5.97. The van der Waals surface area contributed by atoms with Gasteiger partial charge in [-0.1, -0.05) is 0 Å². The zero-order valence-corrected chi connectivity index (χ0v) is 11.6. The fourth-order valence-electron chi connectivity index (χ4n) is 3.11. The molecule has 0 aromatic carbocycles. The number of alkyl halides is 1. The first-order chi connectivity index (χ1) is 9.49. The highest BCUT2D eigenvalue weighted by atomic mass is 19.1. The van der Waals surface area contributed by atoms with Gasteiger partial charge in [0.05, 0.1) is 18.3 Å². The first-order valence-corrected chi connectivity index (χ1v) is 7.15. The minimum Gasteiger partial charge on any atom is -0.391 e. The van der Waals surface area contributed by atoms with Gasteiger partial charge >= 0.3 is 0 Å². The largest absolute Gasteiger partial charge is 0.391 e. The lowest BCUT2D eigenvalue weighted by Crippen LogP contribution is -2.53. The summed E-state index contributed by atoms with van der Waals surface area (Å²) < 4.78 is 16.0. The number of likely N-dealkylation sites (tertiary alicyclic amines) is 1. The van der Waals surface area contributed by atoms with Gasteiger partial charge in [-0.25, -0.2) is 4.39 Å². The number of aryl methyl sites for hydroxylation is 1. The van der Waals surface area contributed by atoms with Gasteiger partial charge in [0.15, 0.2) is 5.67 Å². The average molecular weight is 281 g/mol. The van der Waals surface area contributed by atoms with Gasteiger partial charge in [-0.15, -0.1) is 0 Å². The van der Waals surface area contributed by atoms with E-state index >= 15 is 0 Å². The van der Waals surface area contributed by atoms with Crippen LogP contribution in [0.5, 0.6) is 0 Å². The van der Waals surface area contributed by atoms with Crippen LogP contribution in [0.2, 0.25) is 0 Å². The molecule has 1 aromatic rings. The van der Waals surface area contributed by atoms with Gasteiger partial charge in [0.2, 0.25) is 0 Å². The normalized spacial score (nSPS) is 28.4. The molecule has 2 aliphatic rings. The lowest BCUT2D eigenvalue weighted by Gasteiger charge is -2.38. The third-order valence-electron chi connectivity index (χ3n) is 4.50. The molecule has 1 N–H and O–H groups in total. The van der Waals surface area contributed by atoms with Crippen LogP contribution >= 0.6 is 0 Å². The molecule has 6 heteroatoms. The molecule has 3 rings (SSSR count). The van der Waals surface area contributed by atoms with Crippen LogP contribution in [0.25, 0.3) is 0 Å². The molecule has 0 spiro atoms. The summed E-state index contributed by atoms with van der Waals surface area (Å²) in [5.41, 5.74) is -0.727. The third-order valence-corrected chi connectivity index (χ3v) is 4.50. The molecule has 1 amide bonds. The highest BCUT2D eigenvalue weighted by molar-refractivity contribution is 5.86. The van der Waals surface area contributed by atoms with E-state index in [-0.39, 0.29) is 6.04 Å². The van der Waals surface area contributed by atoms with Gasteiger partial charge < -0.3 is 10.0 Å². The van der Waals surface area contributed by atoms with Crippen molar-refractivity contribution in [2.45, 2.75) is 49.9 Å². The topological polar surface area (TPSA) is 58.4 Å². The molecule has 1 aliphatic carbocycles. The number of carbonyl (C=O) groups is 1. The molecule has 2 fully saturated rings. The first-order valence-electron chi connectivity index (χ1n) is 7.15. The van der Waals surface area contributed by atoms with Crippen molar-refractivity contribution in [2.75, 3.05) is 6.54 Å². The van der Waals surface area contributed by atoms with Gasteiger partial charge in [-0.2, -0.15) is 5.10 Å². The monoisotopic (exact) mass is 281 g/mol. The van der Waals surface area contributed by atoms with Crippen LogP contribution in [0.3, 0.4) is 0 Å². The van der Waals surface area contributed by atoms with E-state index in [1.165, 1.54) is 4.90 Å². The van der Waals surface area contributed by atoms with Crippen LogP contribution in [-0.2, 0) is 18.3 Å². The summed E-state index contributed by atoms with van der Waals surface area (Å²) in [7, 11) is 1.82. The Balaban J connectivity index is 1.74. The van der Waals surface area contributed by atoms with E-state index in [0.717, 1.165) is 12.0 Å². The summed E-state index contributed by atoms with van der Waals surface area (Å²) >= 11 is 0. The van der Waals surface area contributed by atoms with Crippen molar-refractivity contribution in [3.63, 3.8) is 0 Å². The Labute approximate surface area is 117 Å². The number of hydrogen-bond acceptors (Lipinski definition) is 3. The molecule has 0 bridgehead atoms. The van der Waals surface area contributed by atoms with Crippen molar-refractivity contribution >= 4 is 5.91 Å². The first kappa shape index (κ1) is 13.5. The van der Waals surface area contributed by atoms with Crippen molar-refractivity contribution < 1.29 is 14.3 Å². The van der Waals surface area contributed by atoms with Gasteiger partial charge in [0, 0.05) is 19.8 Å². The fraction of sp³-hybridized carbons (Fsp3) is 0.714. The molecule has 20 heavy (non-hydrogen) atoms. The van der Waals surface area contributed by atoms with E-state index in [1.54, 1.807) is 10.9 Å². The molecule has 1 saturated carbocycles. The lowest BCUT2D eigenvalue weighted by molar-refractivity contribution is -0.151. The molecule has 0 unspecified atom stereocenters. The lowest BCUT2D eigenvalue weighted by atomic mass is 9.80. The number of amides is 1. The number of rotatable bonds is 3. The van der Waals surface area contributed by atoms with E-state index < -0.39 is 17.7 Å². The Morgan fingerprint density at radius 1 is 1.60 bits per heavy atom. The molecule has 1 aliphatic heterocycles. The van der Waals surface area contributed by atoms with Gasteiger partial charge in [-0.05, 0) is 37.7 Å². The predicted octanol–water partition coefficient (Wildman–Crippen LogP) is 0.817. The fourth-order valence-corrected chi connectivity index (χ4v) is 3.11. The van der Waals surface area contributed by atoms with Gasteiger partial charge in [-0.3, -0.25) is 9.48 Å². The zero-order valence-electron chi connectivity index (χ0n) is 11.6. The number of halogens is 1.